The Kier molecular flexibility index (Phi) is 12.7. The van der Waals surface area contributed by atoms with E-state index in [-0.39, 0.29) is 24.0 Å². The molecule has 0 saturated carbocycles. The van der Waals surface area contributed by atoms with Gasteiger partial charge in [0.2, 0.25) is 0 Å². The molecule has 6 heteroatoms. The molecule has 0 radical (unpaired) electrons. The number of benzene rings is 3. The van der Waals surface area contributed by atoms with Crippen LogP contribution in [0, 0.1) is 0 Å². The number of hydrogen-bond acceptors (Lipinski definition) is 4. The average Bonchev–Trinajstić information content (AvgIpc) is 2.89. The molecule has 0 saturated heterocycles. The van der Waals surface area contributed by atoms with Gasteiger partial charge in [0.05, 0.1) is 0 Å². The van der Waals surface area contributed by atoms with Crippen molar-refractivity contribution in [2.24, 2.45) is 0 Å². The third-order valence-electron chi connectivity index (χ3n) is 5.97. The molecular weight excluding hydrogens is 558 g/mol. The van der Waals surface area contributed by atoms with Crippen LogP contribution in [0.1, 0.15) is 13.3 Å². The standard InChI is InChI=1S/C28H37O4P.HI/c1-3-25-33(26-13-7-4-8-14-26,27-15-9-5-10-16-27,28-17-11-6-12-18-28)32-24-23-31-22-21-30-20-19-29-2;/h4-18H,3,19-25H2,1-2H3;1H. The van der Waals surface area contributed by atoms with Gasteiger partial charge in [0, 0.05) is 0 Å². The van der Waals surface area contributed by atoms with Crippen LogP contribution in [0.2, 0.25) is 0 Å². The topological polar surface area (TPSA) is 36.9 Å². The van der Waals surface area contributed by atoms with Crippen molar-refractivity contribution in [2.45, 2.75) is 13.3 Å². The van der Waals surface area contributed by atoms with Gasteiger partial charge in [-0.25, -0.2) is 0 Å². The second kappa shape index (κ2) is 14.9. The first kappa shape index (κ1) is 28.9. The van der Waals surface area contributed by atoms with Crippen LogP contribution >= 0.6 is 30.8 Å². The summed E-state index contributed by atoms with van der Waals surface area (Å²) in [6.45, 7) is 2.34. The van der Waals surface area contributed by atoms with E-state index < -0.39 is 6.83 Å². The maximum Gasteiger partial charge on any atom is -0.107 e. The number of ether oxygens (including phenoxy) is 3. The van der Waals surface area contributed by atoms with Crippen LogP contribution in [-0.4, -0.2) is 52.9 Å². The molecule has 0 aromatic heterocycles. The Hall–Kier alpha value is -1.34. The molecule has 0 spiro atoms. The number of methoxy groups -OCH3 is 1. The quantitative estimate of drug-likeness (QED) is 0.138. The van der Waals surface area contributed by atoms with E-state index in [0.29, 0.717) is 39.6 Å². The van der Waals surface area contributed by atoms with E-state index in [4.69, 9.17) is 18.7 Å². The molecule has 186 valence electrons. The molecule has 0 aliphatic rings. The molecule has 3 rings (SSSR count). The molecule has 0 amide bonds. The van der Waals surface area contributed by atoms with Gasteiger partial charge in [-0.15, -0.1) is 24.0 Å². The average molecular weight is 596 g/mol. The molecule has 0 bridgehead atoms. The molecule has 34 heavy (non-hydrogen) atoms. The first-order valence-corrected chi connectivity index (χ1v) is 14.1. The minimum Gasteiger partial charge on any atom is -0.107 e. The zero-order valence-electron chi connectivity index (χ0n) is 20.3. The minimum absolute atomic E-state index is 0. The Bertz CT molecular complexity index is 825. The maximum atomic E-state index is 7.21. The fourth-order valence-corrected chi connectivity index (χ4v) is 10.5. The van der Waals surface area contributed by atoms with E-state index in [1.54, 1.807) is 7.11 Å². The Morgan fingerprint density at radius 1 is 0.559 bits per heavy atom. The van der Waals surface area contributed by atoms with Crippen LogP contribution in [0.5, 0.6) is 0 Å². The Labute approximate surface area is 222 Å². The number of halogens is 1. The normalized spacial score (nSPS) is 12.5. The Morgan fingerprint density at radius 2 is 0.941 bits per heavy atom. The van der Waals surface area contributed by atoms with Gasteiger partial charge in [-0.1, -0.05) is 0 Å². The van der Waals surface area contributed by atoms with Crippen molar-refractivity contribution in [3.05, 3.63) is 91.0 Å². The molecule has 0 fully saturated rings. The van der Waals surface area contributed by atoms with Gasteiger partial charge in [-0.2, -0.15) is 0 Å². The summed E-state index contributed by atoms with van der Waals surface area (Å²) in [5, 5.41) is 3.77. The third-order valence-corrected chi connectivity index (χ3v) is 12.2. The predicted molar refractivity (Wildman–Crippen MR) is 155 cm³/mol. The second-order valence-corrected chi connectivity index (χ2v) is 12.7. The summed E-state index contributed by atoms with van der Waals surface area (Å²) in [5.74, 6) is 0. The molecule has 0 N–H and O–H groups in total. The smallest absolute Gasteiger partial charge is 0.107 e. The Balaban J connectivity index is 0.00000408. The maximum absolute atomic E-state index is 7.21. The molecule has 3 aromatic rings. The Morgan fingerprint density at radius 3 is 1.32 bits per heavy atom. The first-order valence-electron chi connectivity index (χ1n) is 11.7. The predicted octanol–water partition coefficient (Wildman–Crippen LogP) is 5.16. The molecule has 0 aliphatic carbocycles. The van der Waals surface area contributed by atoms with Crippen molar-refractivity contribution >= 4 is 46.7 Å². The van der Waals surface area contributed by atoms with E-state index >= 15 is 0 Å². The molecule has 0 atom stereocenters. The van der Waals surface area contributed by atoms with Crippen molar-refractivity contribution in [2.75, 3.05) is 52.9 Å². The van der Waals surface area contributed by atoms with Gasteiger partial charge in [0.1, 0.15) is 0 Å². The summed E-state index contributed by atoms with van der Waals surface area (Å²) in [7, 11) is 1.67. The fraction of sp³-hybridized carbons (Fsp3) is 0.357. The van der Waals surface area contributed by atoms with E-state index in [1.165, 1.54) is 15.9 Å². The molecule has 0 unspecified atom stereocenters. The van der Waals surface area contributed by atoms with Crippen LogP contribution < -0.4 is 15.9 Å². The van der Waals surface area contributed by atoms with Gasteiger partial charge in [-0.3, -0.25) is 0 Å². The van der Waals surface area contributed by atoms with E-state index in [1.807, 2.05) is 0 Å². The van der Waals surface area contributed by atoms with Crippen molar-refractivity contribution in [3.63, 3.8) is 0 Å². The zero-order valence-corrected chi connectivity index (χ0v) is 23.5. The van der Waals surface area contributed by atoms with Crippen LogP contribution in [0.15, 0.2) is 91.0 Å². The molecule has 4 nitrogen and oxygen atoms in total. The second-order valence-electron chi connectivity index (χ2n) is 7.99. The minimum atomic E-state index is -3.21. The summed E-state index contributed by atoms with van der Waals surface area (Å²) >= 11 is 0. The molecule has 0 aliphatic heterocycles. The van der Waals surface area contributed by atoms with E-state index in [2.05, 4.69) is 97.9 Å². The van der Waals surface area contributed by atoms with Gasteiger partial charge in [-0.05, 0) is 0 Å². The van der Waals surface area contributed by atoms with Crippen LogP contribution in [0.3, 0.4) is 0 Å². The van der Waals surface area contributed by atoms with E-state index in [9.17, 15) is 0 Å². The fourth-order valence-electron chi connectivity index (χ4n) is 4.54. The van der Waals surface area contributed by atoms with Crippen molar-refractivity contribution in [1.29, 1.82) is 0 Å². The molecule has 0 heterocycles. The first-order chi connectivity index (χ1) is 16.3. The number of rotatable bonds is 15. The van der Waals surface area contributed by atoms with Crippen LogP contribution in [0.4, 0.5) is 0 Å². The summed E-state index contributed by atoms with van der Waals surface area (Å²) in [4.78, 5) is 0. The SMILES string of the molecule is CCCP(OCCOCCOCCOC)(c1ccccc1)(c1ccccc1)c1ccccc1.I. The largest absolute Gasteiger partial charge is 0.107 e. The van der Waals surface area contributed by atoms with Crippen molar-refractivity contribution in [1.82, 2.24) is 0 Å². The third kappa shape index (κ3) is 6.45. The monoisotopic (exact) mass is 596 g/mol. The van der Waals surface area contributed by atoms with Crippen molar-refractivity contribution < 1.29 is 18.7 Å². The molecule has 3 aromatic carbocycles. The summed E-state index contributed by atoms with van der Waals surface area (Å²) in [6.07, 6.45) is 1.94. The van der Waals surface area contributed by atoms with Gasteiger partial charge in [0.25, 0.3) is 0 Å². The summed E-state index contributed by atoms with van der Waals surface area (Å²) in [5.41, 5.74) is 0. The van der Waals surface area contributed by atoms with Gasteiger partial charge >= 0.3 is 199 Å². The van der Waals surface area contributed by atoms with Crippen molar-refractivity contribution in [3.8, 4) is 0 Å². The summed E-state index contributed by atoms with van der Waals surface area (Å²) < 4.78 is 23.6. The number of hydrogen-bond donors (Lipinski definition) is 0. The van der Waals surface area contributed by atoms with E-state index in [0.717, 1.165) is 12.6 Å². The van der Waals surface area contributed by atoms with Crippen LogP contribution in [-0.2, 0) is 18.7 Å². The van der Waals surface area contributed by atoms with Gasteiger partial charge < -0.3 is 0 Å². The van der Waals surface area contributed by atoms with Gasteiger partial charge in [0.15, 0.2) is 0 Å². The summed E-state index contributed by atoms with van der Waals surface area (Å²) in [6, 6.07) is 32.3. The zero-order chi connectivity index (χ0) is 23.3. The van der Waals surface area contributed by atoms with Crippen LogP contribution in [0.25, 0.3) is 0 Å². The molecular formula is C28H38IO4P.